The van der Waals surface area contributed by atoms with E-state index in [1.165, 1.54) is 0 Å². The van der Waals surface area contributed by atoms with Gasteiger partial charge in [-0.05, 0) is 38.1 Å². The Balaban J connectivity index is 1.90. The predicted octanol–water partition coefficient (Wildman–Crippen LogP) is 3.77. The van der Waals surface area contributed by atoms with Gasteiger partial charge in [0.1, 0.15) is 5.60 Å². The summed E-state index contributed by atoms with van der Waals surface area (Å²) in [4.78, 5) is 13.2. The molecule has 0 aliphatic heterocycles. The van der Waals surface area contributed by atoms with E-state index in [2.05, 4.69) is 21.0 Å². The van der Waals surface area contributed by atoms with Crippen molar-refractivity contribution in [3.05, 3.63) is 60.3 Å². The van der Waals surface area contributed by atoms with Crippen LogP contribution in [0.25, 0.3) is 27.2 Å². The third kappa shape index (κ3) is 2.60. The minimum absolute atomic E-state index is 0.625. The van der Waals surface area contributed by atoms with E-state index in [1.54, 1.807) is 37.7 Å². The highest BCUT2D eigenvalue weighted by atomic mass is 32.1. The fourth-order valence-corrected chi connectivity index (χ4v) is 3.39. The molecule has 3 heterocycles. The van der Waals surface area contributed by atoms with Gasteiger partial charge >= 0.3 is 0 Å². The van der Waals surface area contributed by atoms with Gasteiger partial charge in [-0.25, -0.2) is 9.97 Å². The van der Waals surface area contributed by atoms with Crippen LogP contribution in [0.5, 0.6) is 0 Å². The summed E-state index contributed by atoms with van der Waals surface area (Å²) < 4.78 is 3.01. The maximum Gasteiger partial charge on any atom is 0.102 e. The maximum absolute atomic E-state index is 10.1. The summed E-state index contributed by atoms with van der Waals surface area (Å²) in [5.74, 6) is 0. The quantitative estimate of drug-likeness (QED) is 0.618. The van der Waals surface area contributed by atoms with Crippen molar-refractivity contribution in [2.24, 2.45) is 0 Å². The molecule has 0 amide bonds. The van der Waals surface area contributed by atoms with Crippen LogP contribution in [0.1, 0.15) is 19.5 Å². The Labute approximate surface area is 143 Å². The zero-order valence-electron chi connectivity index (χ0n) is 13.3. The van der Waals surface area contributed by atoms with Crippen LogP contribution in [0.15, 0.2) is 54.6 Å². The van der Waals surface area contributed by atoms with Gasteiger partial charge in [-0.1, -0.05) is 6.07 Å². The molecule has 0 bridgehead atoms. The number of thiazole rings is 1. The molecule has 0 spiro atoms. The van der Waals surface area contributed by atoms with Gasteiger partial charge in [0.2, 0.25) is 0 Å². The molecule has 120 valence electrons. The van der Waals surface area contributed by atoms with Crippen molar-refractivity contribution in [2.75, 3.05) is 0 Å². The molecule has 1 N–H and O–H groups in total. The van der Waals surface area contributed by atoms with E-state index in [4.69, 9.17) is 0 Å². The fourth-order valence-electron chi connectivity index (χ4n) is 2.60. The lowest BCUT2D eigenvalue weighted by atomic mass is 10.1. The Kier molecular flexibility index (Phi) is 3.44. The second-order valence-electron chi connectivity index (χ2n) is 6.13. The third-order valence-electron chi connectivity index (χ3n) is 3.86. The van der Waals surface area contributed by atoms with Gasteiger partial charge in [-0.15, -0.1) is 11.3 Å². The second kappa shape index (κ2) is 5.51. The van der Waals surface area contributed by atoms with Crippen LogP contribution in [0, 0.1) is 0 Å². The number of hydrogen-bond donors (Lipinski definition) is 1. The fraction of sp³-hybridized carbons (Fsp3) is 0.167. The number of nitrogens with zero attached hydrogens (tertiary/aromatic N) is 4. The van der Waals surface area contributed by atoms with Crippen LogP contribution in [-0.4, -0.2) is 24.6 Å². The van der Waals surface area contributed by atoms with Gasteiger partial charge in [0.05, 0.1) is 33.4 Å². The van der Waals surface area contributed by atoms with Gasteiger partial charge < -0.3 is 9.67 Å². The smallest absolute Gasteiger partial charge is 0.102 e. The minimum atomic E-state index is -0.972. The first-order valence-corrected chi connectivity index (χ1v) is 8.46. The van der Waals surface area contributed by atoms with Gasteiger partial charge in [-0.3, -0.25) is 4.98 Å². The van der Waals surface area contributed by atoms with Gasteiger partial charge in [0.15, 0.2) is 0 Å². The monoisotopic (exact) mass is 336 g/mol. The second-order valence-corrected chi connectivity index (χ2v) is 6.99. The lowest BCUT2D eigenvalue weighted by molar-refractivity contribution is 0.0742. The van der Waals surface area contributed by atoms with Crippen molar-refractivity contribution in [2.45, 2.75) is 19.4 Å². The molecule has 4 aromatic rings. The molecular weight excluding hydrogens is 320 g/mol. The van der Waals surface area contributed by atoms with E-state index >= 15 is 0 Å². The molecule has 0 fully saturated rings. The van der Waals surface area contributed by atoms with E-state index in [0.29, 0.717) is 5.69 Å². The van der Waals surface area contributed by atoms with Crippen LogP contribution in [0.3, 0.4) is 0 Å². The van der Waals surface area contributed by atoms with Gasteiger partial charge in [0, 0.05) is 23.6 Å². The van der Waals surface area contributed by atoms with Crippen LogP contribution >= 0.6 is 11.3 Å². The Bertz CT molecular complexity index is 999. The first-order valence-electron chi connectivity index (χ1n) is 7.58. The van der Waals surface area contributed by atoms with Crippen LogP contribution in [0.4, 0.5) is 0 Å². The normalized spacial score (nSPS) is 12.0. The zero-order chi connectivity index (χ0) is 16.7. The molecule has 6 heteroatoms. The molecular formula is C18H16N4OS. The van der Waals surface area contributed by atoms with Crippen LogP contribution < -0.4 is 0 Å². The highest BCUT2D eigenvalue weighted by molar-refractivity contribution is 7.17. The van der Waals surface area contributed by atoms with Crippen molar-refractivity contribution >= 4 is 21.6 Å². The SMILES string of the molecule is CC(C)(O)c1cn(-c2cc(-c3ccccn3)c3scnc3c2)cn1. The van der Waals surface area contributed by atoms with E-state index in [-0.39, 0.29) is 0 Å². The molecule has 5 nitrogen and oxygen atoms in total. The predicted molar refractivity (Wildman–Crippen MR) is 95.2 cm³/mol. The summed E-state index contributed by atoms with van der Waals surface area (Å²) in [6.45, 7) is 3.45. The number of rotatable bonds is 3. The van der Waals surface area contributed by atoms with E-state index in [1.807, 2.05) is 40.5 Å². The average Bonchev–Trinajstić information content (AvgIpc) is 3.23. The van der Waals surface area contributed by atoms with Crippen molar-refractivity contribution < 1.29 is 5.11 Å². The molecule has 0 aliphatic carbocycles. The first kappa shape index (κ1) is 15.0. The molecule has 24 heavy (non-hydrogen) atoms. The number of imidazole rings is 1. The largest absolute Gasteiger partial charge is 0.384 e. The summed E-state index contributed by atoms with van der Waals surface area (Å²) in [5, 5.41) is 10.1. The summed E-state index contributed by atoms with van der Waals surface area (Å²) in [5.41, 5.74) is 5.33. The highest BCUT2D eigenvalue weighted by Crippen LogP contribution is 2.33. The minimum Gasteiger partial charge on any atom is -0.384 e. The van der Waals surface area contributed by atoms with Gasteiger partial charge in [0.25, 0.3) is 0 Å². The molecule has 0 radical (unpaired) electrons. The Morgan fingerprint density at radius 3 is 2.71 bits per heavy atom. The molecule has 0 atom stereocenters. The summed E-state index contributed by atoms with van der Waals surface area (Å²) in [7, 11) is 0. The zero-order valence-corrected chi connectivity index (χ0v) is 14.2. The molecule has 0 saturated carbocycles. The van der Waals surface area contributed by atoms with E-state index < -0.39 is 5.60 Å². The number of hydrogen-bond acceptors (Lipinski definition) is 5. The lowest BCUT2D eigenvalue weighted by Gasteiger charge is -2.13. The average molecular weight is 336 g/mol. The van der Waals surface area contributed by atoms with Crippen molar-refractivity contribution in [1.82, 2.24) is 19.5 Å². The number of aromatic nitrogens is 4. The topological polar surface area (TPSA) is 63.8 Å². The molecule has 0 saturated heterocycles. The standard InChI is InChI=1S/C18H16N4OS/c1-18(2,23)16-9-22(10-20-16)12-7-13(14-5-3-4-6-19-14)17-15(8-12)21-11-24-17/h3-11,23H,1-2H3. The lowest BCUT2D eigenvalue weighted by Crippen LogP contribution is -2.15. The number of benzene rings is 1. The maximum atomic E-state index is 10.1. The summed E-state index contributed by atoms with van der Waals surface area (Å²) >= 11 is 1.61. The Morgan fingerprint density at radius 2 is 2.00 bits per heavy atom. The molecule has 0 aliphatic rings. The van der Waals surface area contributed by atoms with Crippen molar-refractivity contribution in [3.63, 3.8) is 0 Å². The third-order valence-corrected chi connectivity index (χ3v) is 4.74. The molecule has 1 aromatic carbocycles. The summed E-state index contributed by atoms with van der Waals surface area (Å²) in [6.07, 6.45) is 5.34. The van der Waals surface area contributed by atoms with Crippen molar-refractivity contribution in [1.29, 1.82) is 0 Å². The Hall–Kier alpha value is -2.57. The van der Waals surface area contributed by atoms with E-state index in [0.717, 1.165) is 27.2 Å². The summed E-state index contributed by atoms with van der Waals surface area (Å²) in [6, 6.07) is 9.98. The number of pyridine rings is 1. The first-order chi connectivity index (χ1) is 11.5. The molecule has 3 aromatic heterocycles. The number of aliphatic hydroxyl groups is 1. The van der Waals surface area contributed by atoms with E-state index in [9.17, 15) is 5.11 Å². The molecule has 4 rings (SSSR count). The highest BCUT2D eigenvalue weighted by Gasteiger charge is 2.19. The van der Waals surface area contributed by atoms with Gasteiger partial charge in [-0.2, -0.15) is 0 Å². The molecule has 0 unspecified atom stereocenters. The van der Waals surface area contributed by atoms with Crippen LogP contribution in [0.2, 0.25) is 0 Å². The van der Waals surface area contributed by atoms with Crippen LogP contribution in [-0.2, 0) is 5.60 Å². The number of fused-ring (bicyclic) bond motifs is 1. The Morgan fingerprint density at radius 1 is 1.12 bits per heavy atom. The van der Waals surface area contributed by atoms with Crippen molar-refractivity contribution in [3.8, 4) is 16.9 Å².